The molecule has 0 aliphatic heterocycles. The summed E-state index contributed by atoms with van der Waals surface area (Å²) < 4.78 is 6.40. The molecule has 0 saturated carbocycles. The summed E-state index contributed by atoms with van der Waals surface area (Å²) in [5.41, 5.74) is 8.26. The van der Waals surface area contributed by atoms with Crippen LogP contribution in [0.5, 0.6) is 5.75 Å². The van der Waals surface area contributed by atoms with Crippen molar-refractivity contribution < 1.29 is 4.74 Å². The van der Waals surface area contributed by atoms with E-state index in [2.05, 4.69) is 51.2 Å². The van der Waals surface area contributed by atoms with E-state index in [0.29, 0.717) is 6.54 Å². The maximum absolute atomic E-state index is 5.75. The monoisotopic (exact) mass is 348 g/mol. The van der Waals surface area contributed by atoms with Gasteiger partial charge >= 0.3 is 0 Å². The fourth-order valence-electron chi connectivity index (χ4n) is 2.28. The molecule has 3 nitrogen and oxygen atoms in total. The van der Waals surface area contributed by atoms with Crippen molar-refractivity contribution in [1.29, 1.82) is 0 Å². The molecule has 0 aliphatic carbocycles. The minimum Gasteiger partial charge on any atom is -0.497 e. The van der Waals surface area contributed by atoms with Gasteiger partial charge in [0, 0.05) is 30.7 Å². The molecule has 2 aromatic carbocycles. The van der Waals surface area contributed by atoms with Crippen LogP contribution in [0.25, 0.3) is 0 Å². The molecule has 0 amide bonds. The number of methoxy groups -OCH3 is 1. The molecule has 0 heterocycles. The second kappa shape index (κ2) is 8.17. The van der Waals surface area contributed by atoms with E-state index in [1.807, 2.05) is 18.2 Å². The predicted octanol–water partition coefficient (Wildman–Crippen LogP) is 3.42. The highest BCUT2D eigenvalue weighted by molar-refractivity contribution is 9.10. The Morgan fingerprint density at radius 2 is 1.86 bits per heavy atom. The molecule has 21 heavy (non-hydrogen) atoms. The van der Waals surface area contributed by atoms with Crippen molar-refractivity contribution in [2.75, 3.05) is 20.2 Å². The SMILES string of the molecule is COc1ccc(Br)c(CN(CCN)Cc2ccccc2)c1. The molecule has 4 heteroatoms. The summed E-state index contributed by atoms with van der Waals surface area (Å²) in [5, 5.41) is 0. The molecule has 0 unspecified atom stereocenters. The van der Waals surface area contributed by atoms with Crippen LogP contribution in [0.4, 0.5) is 0 Å². The van der Waals surface area contributed by atoms with Gasteiger partial charge < -0.3 is 10.5 Å². The molecule has 0 atom stereocenters. The Labute approximate surface area is 134 Å². The lowest BCUT2D eigenvalue weighted by molar-refractivity contribution is 0.263. The van der Waals surface area contributed by atoms with Crippen LogP contribution in [-0.4, -0.2) is 25.1 Å². The molecule has 0 aliphatic rings. The highest BCUT2D eigenvalue weighted by Crippen LogP contribution is 2.24. The Kier molecular flexibility index (Phi) is 6.23. The van der Waals surface area contributed by atoms with E-state index in [9.17, 15) is 0 Å². The number of nitrogens with two attached hydrogens (primary N) is 1. The summed E-state index contributed by atoms with van der Waals surface area (Å²) in [5.74, 6) is 0.876. The Morgan fingerprint density at radius 1 is 1.10 bits per heavy atom. The summed E-state index contributed by atoms with van der Waals surface area (Å²) in [6.07, 6.45) is 0. The molecule has 112 valence electrons. The van der Waals surface area contributed by atoms with Crippen molar-refractivity contribution in [3.8, 4) is 5.75 Å². The second-order valence-electron chi connectivity index (χ2n) is 4.94. The third kappa shape index (κ3) is 4.84. The van der Waals surface area contributed by atoms with Crippen molar-refractivity contribution in [1.82, 2.24) is 4.90 Å². The lowest BCUT2D eigenvalue weighted by Crippen LogP contribution is -2.28. The largest absolute Gasteiger partial charge is 0.497 e. The molecule has 2 N–H and O–H groups in total. The molecule has 2 rings (SSSR count). The first-order valence-electron chi connectivity index (χ1n) is 7.01. The number of rotatable bonds is 7. The van der Waals surface area contributed by atoms with Gasteiger partial charge in [-0.2, -0.15) is 0 Å². The van der Waals surface area contributed by atoms with Crippen LogP contribution in [0.15, 0.2) is 53.0 Å². The molecular weight excluding hydrogens is 328 g/mol. The quantitative estimate of drug-likeness (QED) is 0.833. The van der Waals surface area contributed by atoms with Crippen molar-refractivity contribution in [3.05, 3.63) is 64.1 Å². The van der Waals surface area contributed by atoms with Crippen molar-refractivity contribution in [3.63, 3.8) is 0 Å². The molecule has 0 aromatic heterocycles. The van der Waals surface area contributed by atoms with Crippen molar-refractivity contribution >= 4 is 15.9 Å². The molecular formula is C17H21BrN2O. The van der Waals surface area contributed by atoms with Gasteiger partial charge in [-0.3, -0.25) is 4.90 Å². The lowest BCUT2D eigenvalue weighted by Gasteiger charge is -2.22. The van der Waals surface area contributed by atoms with E-state index in [-0.39, 0.29) is 0 Å². The Bertz CT molecular complexity index is 560. The third-order valence-electron chi connectivity index (χ3n) is 3.34. The maximum atomic E-state index is 5.75. The first-order chi connectivity index (χ1) is 10.2. The zero-order valence-corrected chi connectivity index (χ0v) is 13.8. The van der Waals surface area contributed by atoms with E-state index in [1.165, 1.54) is 11.1 Å². The predicted molar refractivity (Wildman–Crippen MR) is 90.3 cm³/mol. The minimum atomic E-state index is 0.647. The van der Waals surface area contributed by atoms with Gasteiger partial charge in [0.1, 0.15) is 5.75 Å². The van der Waals surface area contributed by atoms with Gasteiger partial charge in [-0.25, -0.2) is 0 Å². The number of nitrogens with zero attached hydrogens (tertiary/aromatic N) is 1. The maximum Gasteiger partial charge on any atom is 0.119 e. The van der Waals surface area contributed by atoms with E-state index in [1.54, 1.807) is 7.11 Å². The number of halogens is 1. The molecule has 0 saturated heterocycles. The number of ether oxygens (including phenoxy) is 1. The smallest absolute Gasteiger partial charge is 0.119 e. The number of hydrogen-bond donors (Lipinski definition) is 1. The average molecular weight is 349 g/mol. The van der Waals surface area contributed by atoms with Gasteiger partial charge in [0.05, 0.1) is 7.11 Å². The fourth-order valence-corrected chi connectivity index (χ4v) is 2.65. The fraction of sp³-hybridized carbons (Fsp3) is 0.294. The molecule has 0 radical (unpaired) electrons. The lowest BCUT2D eigenvalue weighted by atomic mass is 10.1. The average Bonchev–Trinajstić information content (AvgIpc) is 2.51. The van der Waals surface area contributed by atoms with Crippen molar-refractivity contribution in [2.24, 2.45) is 5.73 Å². The van der Waals surface area contributed by atoms with Crippen LogP contribution in [0.2, 0.25) is 0 Å². The molecule has 0 bridgehead atoms. The Balaban J connectivity index is 2.12. The zero-order chi connectivity index (χ0) is 15.1. The summed E-state index contributed by atoms with van der Waals surface area (Å²) in [6, 6.07) is 16.5. The van der Waals surface area contributed by atoms with Crippen LogP contribution in [-0.2, 0) is 13.1 Å². The van der Waals surface area contributed by atoms with Crippen LogP contribution in [0.3, 0.4) is 0 Å². The van der Waals surface area contributed by atoms with Gasteiger partial charge in [0.15, 0.2) is 0 Å². The summed E-state index contributed by atoms with van der Waals surface area (Å²) in [7, 11) is 1.69. The normalized spacial score (nSPS) is 10.9. The van der Waals surface area contributed by atoms with Gasteiger partial charge in [-0.15, -0.1) is 0 Å². The second-order valence-corrected chi connectivity index (χ2v) is 5.80. The van der Waals surface area contributed by atoms with Crippen LogP contribution >= 0.6 is 15.9 Å². The Morgan fingerprint density at radius 3 is 2.52 bits per heavy atom. The van der Waals surface area contributed by atoms with E-state index in [0.717, 1.165) is 29.9 Å². The topological polar surface area (TPSA) is 38.5 Å². The standard InChI is InChI=1S/C17H21BrN2O/c1-21-16-7-8-17(18)15(11-16)13-20(10-9-19)12-14-5-3-2-4-6-14/h2-8,11H,9-10,12-13,19H2,1H3. The van der Waals surface area contributed by atoms with Gasteiger partial charge in [0.25, 0.3) is 0 Å². The van der Waals surface area contributed by atoms with E-state index < -0.39 is 0 Å². The minimum absolute atomic E-state index is 0.647. The van der Waals surface area contributed by atoms with Gasteiger partial charge in [-0.05, 0) is 29.3 Å². The number of hydrogen-bond acceptors (Lipinski definition) is 3. The van der Waals surface area contributed by atoms with Crippen molar-refractivity contribution in [2.45, 2.75) is 13.1 Å². The molecule has 0 spiro atoms. The highest BCUT2D eigenvalue weighted by atomic mass is 79.9. The Hall–Kier alpha value is -1.36. The van der Waals surface area contributed by atoms with E-state index in [4.69, 9.17) is 10.5 Å². The molecule has 0 fully saturated rings. The summed E-state index contributed by atoms with van der Waals surface area (Å²) >= 11 is 3.61. The van der Waals surface area contributed by atoms with Gasteiger partial charge in [0.2, 0.25) is 0 Å². The van der Waals surface area contributed by atoms with Gasteiger partial charge in [-0.1, -0.05) is 46.3 Å². The zero-order valence-electron chi connectivity index (χ0n) is 12.3. The molecule has 2 aromatic rings. The summed E-state index contributed by atoms with van der Waals surface area (Å²) in [4.78, 5) is 2.34. The van der Waals surface area contributed by atoms with Crippen LogP contribution in [0, 0.1) is 0 Å². The first-order valence-corrected chi connectivity index (χ1v) is 7.81. The highest BCUT2D eigenvalue weighted by Gasteiger charge is 2.09. The van der Waals surface area contributed by atoms with E-state index >= 15 is 0 Å². The van der Waals surface area contributed by atoms with Crippen LogP contribution in [0.1, 0.15) is 11.1 Å². The first kappa shape index (κ1) is 16.0. The third-order valence-corrected chi connectivity index (χ3v) is 4.11. The summed E-state index contributed by atoms with van der Waals surface area (Å²) in [6.45, 7) is 3.23. The number of benzene rings is 2. The van der Waals surface area contributed by atoms with Crippen LogP contribution < -0.4 is 10.5 Å².